The van der Waals surface area contributed by atoms with Crippen LogP contribution in [0.3, 0.4) is 0 Å². The van der Waals surface area contributed by atoms with E-state index in [9.17, 15) is 4.79 Å². The second-order valence-corrected chi connectivity index (χ2v) is 9.33. The minimum atomic E-state index is -0.389. The molecule has 174 valence electrons. The molecular formula is C26H17BrClN3O3S. The molecule has 2 N–H and O–H groups in total. The predicted octanol–water partition coefficient (Wildman–Crippen LogP) is 7.20. The quantitative estimate of drug-likeness (QED) is 0.224. The van der Waals surface area contributed by atoms with Crippen LogP contribution in [0.5, 0.6) is 5.75 Å². The van der Waals surface area contributed by atoms with Gasteiger partial charge in [-0.05, 0) is 66.1 Å². The zero-order chi connectivity index (χ0) is 24.5. The van der Waals surface area contributed by atoms with E-state index in [1.807, 2.05) is 36.4 Å². The van der Waals surface area contributed by atoms with Crippen molar-refractivity contribution in [3.8, 4) is 17.2 Å². The predicted molar refractivity (Wildman–Crippen MR) is 146 cm³/mol. The summed E-state index contributed by atoms with van der Waals surface area (Å²) in [5, 5.41) is 8.39. The van der Waals surface area contributed by atoms with Crippen molar-refractivity contribution in [2.45, 2.75) is 0 Å². The first kappa shape index (κ1) is 23.3. The maximum atomic E-state index is 12.7. The molecule has 0 aliphatic heterocycles. The number of nitrogens with zero attached hydrogens (tertiary/aromatic N) is 1. The Labute approximate surface area is 219 Å². The lowest BCUT2D eigenvalue weighted by atomic mass is 10.0. The van der Waals surface area contributed by atoms with Crippen LogP contribution in [-0.4, -0.2) is 23.1 Å². The minimum absolute atomic E-state index is 0.142. The van der Waals surface area contributed by atoms with E-state index in [4.69, 9.17) is 33.0 Å². The summed E-state index contributed by atoms with van der Waals surface area (Å²) in [6.45, 7) is 0. The van der Waals surface area contributed by atoms with Crippen LogP contribution in [0.15, 0.2) is 81.7 Å². The molecule has 0 aliphatic rings. The smallest absolute Gasteiger partial charge is 0.261 e. The van der Waals surface area contributed by atoms with Gasteiger partial charge in [0, 0.05) is 26.1 Å². The average molecular weight is 567 g/mol. The van der Waals surface area contributed by atoms with Gasteiger partial charge in [0.2, 0.25) is 5.89 Å². The third-order valence-electron chi connectivity index (χ3n) is 5.38. The number of thiocarbonyl (C=S) groups is 1. The van der Waals surface area contributed by atoms with Crippen LogP contribution >= 0.6 is 39.7 Å². The van der Waals surface area contributed by atoms with E-state index in [-0.39, 0.29) is 11.0 Å². The first-order chi connectivity index (χ1) is 16.9. The summed E-state index contributed by atoms with van der Waals surface area (Å²) in [6, 6.07) is 22.1. The van der Waals surface area contributed by atoms with Crippen molar-refractivity contribution < 1.29 is 13.9 Å². The number of amides is 1. The van der Waals surface area contributed by atoms with Gasteiger partial charge < -0.3 is 14.5 Å². The number of aromatic nitrogens is 1. The number of hydrogen-bond donors (Lipinski definition) is 2. The van der Waals surface area contributed by atoms with Crippen LogP contribution in [0.1, 0.15) is 10.4 Å². The molecule has 6 nitrogen and oxygen atoms in total. The number of methoxy groups -OCH3 is 1. The molecule has 0 aliphatic carbocycles. The van der Waals surface area contributed by atoms with Crippen LogP contribution < -0.4 is 15.4 Å². The highest BCUT2D eigenvalue weighted by Gasteiger charge is 2.16. The van der Waals surface area contributed by atoms with Crippen LogP contribution in [-0.2, 0) is 0 Å². The van der Waals surface area contributed by atoms with Gasteiger partial charge in [-0.15, -0.1) is 0 Å². The van der Waals surface area contributed by atoms with Crippen molar-refractivity contribution in [3.05, 3.63) is 87.9 Å². The topological polar surface area (TPSA) is 76.4 Å². The first-order valence-electron chi connectivity index (χ1n) is 10.5. The Kier molecular flexibility index (Phi) is 6.42. The van der Waals surface area contributed by atoms with Gasteiger partial charge >= 0.3 is 0 Å². The summed E-state index contributed by atoms with van der Waals surface area (Å²) >= 11 is 15.1. The van der Waals surface area contributed by atoms with Crippen molar-refractivity contribution in [1.29, 1.82) is 0 Å². The van der Waals surface area contributed by atoms with Gasteiger partial charge in [-0.25, -0.2) is 4.98 Å². The molecule has 1 aromatic heterocycles. The number of oxazole rings is 1. The third-order valence-corrected chi connectivity index (χ3v) is 6.40. The highest BCUT2D eigenvalue weighted by molar-refractivity contribution is 9.10. The molecule has 1 heterocycles. The molecule has 1 amide bonds. The molecule has 0 saturated carbocycles. The minimum Gasteiger partial charge on any atom is -0.496 e. The van der Waals surface area contributed by atoms with E-state index in [1.165, 1.54) is 7.11 Å². The molecule has 5 aromatic rings. The average Bonchev–Trinajstić information content (AvgIpc) is 3.27. The molecule has 0 unspecified atom stereocenters. The number of nitrogens with one attached hydrogen (secondary N) is 2. The molecule has 0 saturated heterocycles. The molecular weight excluding hydrogens is 550 g/mol. The Morgan fingerprint density at radius 1 is 1.06 bits per heavy atom. The Balaban J connectivity index is 1.38. The van der Waals surface area contributed by atoms with Gasteiger partial charge in [-0.3, -0.25) is 10.1 Å². The summed E-state index contributed by atoms with van der Waals surface area (Å²) in [4.78, 5) is 17.4. The number of rotatable bonds is 4. The largest absolute Gasteiger partial charge is 0.496 e. The summed E-state index contributed by atoms with van der Waals surface area (Å²) in [5.41, 5.74) is 3.13. The SMILES string of the molecule is COc1ccc(Br)cc1C(=O)NC(=S)Nc1ccc2oc(-c3cccc4c(Cl)cccc34)nc2c1. The summed E-state index contributed by atoms with van der Waals surface area (Å²) < 4.78 is 12.0. The van der Waals surface area contributed by atoms with E-state index in [0.717, 1.165) is 20.8 Å². The van der Waals surface area contributed by atoms with Gasteiger partial charge in [-0.1, -0.05) is 51.8 Å². The van der Waals surface area contributed by atoms with Crippen LogP contribution in [0.4, 0.5) is 5.69 Å². The van der Waals surface area contributed by atoms with Crippen molar-refractivity contribution in [3.63, 3.8) is 0 Å². The van der Waals surface area contributed by atoms with Gasteiger partial charge in [0.05, 0.1) is 12.7 Å². The number of anilines is 1. The van der Waals surface area contributed by atoms with E-state index < -0.39 is 0 Å². The molecule has 35 heavy (non-hydrogen) atoms. The molecule has 4 aromatic carbocycles. The van der Waals surface area contributed by atoms with Crippen molar-refractivity contribution >= 4 is 78.3 Å². The fraction of sp³-hybridized carbons (Fsp3) is 0.0385. The Bertz CT molecular complexity index is 1620. The second-order valence-electron chi connectivity index (χ2n) is 7.59. The van der Waals surface area contributed by atoms with E-state index >= 15 is 0 Å². The normalized spacial score (nSPS) is 10.9. The van der Waals surface area contributed by atoms with E-state index in [0.29, 0.717) is 39.0 Å². The zero-order valence-electron chi connectivity index (χ0n) is 18.3. The lowest BCUT2D eigenvalue weighted by molar-refractivity contribution is 0.0974. The monoisotopic (exact) mass is 565 g/mol. The van der Waals surface area contributed by atoms with Gasteiger partial charge in [-0.2, -0.15) is 0 Å². The second kappa shape index (κ2) is 9.65. The number of ether oxygens (including phenoxy) is 1. The molecule has 0 fully saturated rings. The summed E-state index contributed by atoms with van der Waals surface area (Å²) in [6.07, 6.45) is 0. The standard InChI is InChI=1S/C26H17BrClN3O3S/c1-33-22-10-8-14(27)12-19(22)24(32)31-26(35)29-15-9-11-23-21(13-15)30-25(34-23)18-6-2-5-17-16(18)4-3-7-20(17)28/h2-13H,1H3,(H2,29,31,32,35). The fourth-order valence-electron chi connectivity index (χ4n) is 3.77. The Morgan fingerprint density at radius 3 is 2.69 bits per heavy atom. The maximum Gasteiger partial charge on any atom is 0.261 e. The highest BCUT2D eigenvalue weighted by Crippen LogP contribution is 2.34. The lowest BCUT2D eigenvalue weighted by Gasteiger charge is -2.12. The van der Waals surface area contributed by atoms with Gasteiger partial charge in [0.1, 0.15) is 11.3 Å². The number of hydrogen-bond acceptors (Lipinski definition) is 5. The zero-order valence-corrected chi connectivity index (χ0v) is 21.4. The Hall–Kier alpha value is -3.46. The molecule has 0 radical (unpaired) electrons. The number of carbonyl (C=O) groups is 1. The number of halogens is 2. The van der Waals surface area contributed by atoms with Crippen molar-refractivity contribution in [2.24, 2.45) is 0 Å². The van der Waals surface area contributed by atoms with Gasteiger partial charge in [0.25, 0.3) is 5.91 Å². The van der Waals surface area contributed by atoms with Crippen LogP contribution in [0, 0.1) is 0 Å². The molecule has 0 atom stereocenters. The number of benzene rings is 4. The van der Waals surface area contributed by atoms with Crippen molar-refractivity contribution in [2.75, 3.05) is 12.4 Å². The van der Waals surface area contributed by atoms with Crippen LogP contribution in [0.25, 0.3) is 33.3 Å². The molecule has 0 spiro atoms. The Morgan fingerprint density at radius 2 is 1.86 bits per heavy atom. The summed E-state index contributed by atoms with van der Waals surface area (Å²) in [5.74, 6) is 0.544. The lowest BCUT2D eigenvalue weighted by Crippen LogP contribution is -2.34. The van der Waals surface area contributed by atoms with E-state index in [1.54, 1.807) is 36.4 Å². The molecule has 5 rings (SSSR count). The molecule has 9 heteroatoms. The number of fused-ring (bicyclic) bond motifs is 2. The summed E-state index contributed by atoms with van der Waals surface area (Å²) in [7, 11) is 1.50. The first-order valence-corrected chi connectivity index (χ1v) is 12.0. The maximum absolute atomic E-state index is 12.7. The highest BCUT2D eigenvalue weighted by atomic mass is 79.9. The van der Waals surface area contributed by atoms with Gasteiger partial charge in [0.15, 0.2) is 10.7 Å². The van der Waals surface area contributed by atoms with Crippen LogP contribution in [0.2, 0.25) is 5.02 Å². The molecule has 0 bridgehead atoms. The van der Waals surface area contributed by atoms with E-state index in [2.05, 4.69) is 31.5 Å². The fourth-order valence-corrected chi connectivity index (χ4v) is 4.58. The third kappa shape index (κ3) is 4.73. The van der Waals surface area contributed by atoms with Crippen molar-refractivity contribution in [1.82, 2.24) is 10.3 Å². The number of carbonyl (C=O) groups excluding carboxylic acids is 1.